The summed E-state index contributed by atoms with van der Waals surface area (Å²) in [6.07, 6.45) is -0.787. The van der Waals surface area contributed by atoms with E-state index in [-0.39, 0.29) is 24.7 Å². The maximum atomic E-state index is 12.4. The molecule has 0 N–H and O–H groups in total. The van der Waals surface area contributed by atoms with Crippen molar-refractivity contribution >= 4 is 23.3 Å². The molecular formula is C21H21NO4. The van der Waals surface area contributed by atoms with Gasteiger partial charge < -0.3 is 9.64 Å². The third-order valence-corrected chi connectivity index (χ3v) is 4.52. The average Bonchev–Trinajstić information content (AvgIpc) is 3.04. The van der Waals surface area contributed by atoms with E-state index in [4.69, 9.17) is 4.74 Å². The van der Waals surface area contributed by atoms with Gasteiger partial charge in [0.2, 0.25) is 11.7 Å². The van der Waals surface area contributed by atoms with Gasteiger partial charge in [-0.2, -0.15) is 0 Å². The molecule has 5 nitrogen and oxygen atoms in total. The van der Waals surface area contributed by atoms with E-state index >= 15 is 0 Å². The van der Waals surface area contributed by atoms with Gasteiger partial charge in [-0.1, -0.05) is 48.0 Å². The van der Waals surface area contributed by atoms with Crippen LogP contribution in [0.1, 0.15) is 29.3 Å². The molecule has 0 saturated carbocycles. The van der Waals surface area contributed by atoms with Crippen LogP contribution in [0.25, 0.3) is 0 Å². The summed E-state index contributed by atoms with van der Waals surface area (Å²) in [5.41, 5.74) is 2.32. The highest BCUT2D eigenvalue weighted by molar-refractivity contribution is 6.02. The smallest absolute Gasteiger partial charge is 0.312 e. The second-order valence-electron chi connectivity index (χ2n) is 6.55. The van der Waals surface area contributed by atoms with Gasteiger partial charge in [0.25, 0.3) is 0 Å². The number of nitrogens with zero attached hydrogens (tertiary/aromatic N) is 1. The Morgan fingerprint density at radius 2 is 1.73 bits per heavy atom. The molecule has 1 aliphatic heterocycles. The standard InChI is InChI=1S/C21H21NO4/c1-14-8-10-16(11-9-14)20(24)15(2)26-21(25)17-12-19(23)22(13-17)18-6-4-3-5-7-18/h3-11,15,17H,12-13H2,1-2H3/t15-,17-/m1/s1. The minimum atomic E-state index is -0.883. The first-order valence-electron chi connectivity index (χ1n) is 8.62. The Morgan fingerprint density at radius 1 is 1.08 bits per heavy atom. The highest BCUT2D eigenvalue weighted by Gasteiger charge is 2.37. The van der Waals surface area contributed by atoms with Crippen LogP contribution in [-0.4, -0.2) is 30.3 Å². The van der Waals surface area contributed by atoms with Crippen LogP contribution in [0.2, 0.25) is 0 Å². The molecule has 0 aromatic heterocycles. The lowest BCUT2D eigenvalue weighted by Crippen LogP contribution is -2.30. The van der Waals surface area contributed by atoms with Crippen molar-refractivity contribution < 1.29 is 19.1 Å². The van der Waals surface area contributed by atoms with Crippen molar-refractivity contribution in [2.45, 2.75) is 26.4 Å². The van der Waals surface area contributed by atoms with Gasteiger partial charge in [-0.3, -0.25) is 14.4 Å². The molecule has 0 bridgehead atoms. The average molecular weight is 351 g/mol. The van der Waals surface area contributed by atoms with Crippen molar-refractivity contribution in [1.29, 1.82) is 0 Å². The molecule has 0 aliphatic carbocycles. The third kappa shape index (κ3) is 3.82. The number of Topliss-reactive ketones (excluding diaryl/α,β-unsaturated/α-hetero) is 1. The predicted octanol–water partition coefficient (Wildman–Crippen LogP) is 3.16. The first kappa shape index (κ1) is 17.9. The van der Waals surface area contributed by atoms with Gasteiger partial charge in [-0.05, 0) is 26.0 Å². The molecule has 1 amide bonds. The van der Waals surface area contributed by atoms with E-state index in [1.807, 2.05) is 49.4 Å². The number of aryl methyl sites for hydroxylation is 1. The fourth-order valence-corrected chi connectivity index (χ4v) is 3.00. The molecular weight excluding hydrogens is 330 g/mol. The normalized spacial score (nSPS) is 17.8. The summed E-state index contributed by atoms with van der Waals surface area (Å²) in [6.45, 7) is 3.77. The fourth-order valence-electron chi connectivity index (χ4n) is 3.00. The number of rotatable bonds is 5. The summed E-state index contributed by atoms with van der Waals surface area (Å²) in [4.78, 5) is 38.6. The van der Waals surface area contributed by atoms with Gasteiger partial charge in [0.15, 0.2) is 6.10 Å². The van der Waals surface area contributed by atoms with Crippen molar-refractivity contribution in [1.82, 2.24) is 0 Å². The Hall–Kier alpha value is -2.95. The Bertz CT molecular complexity index is 814. The highest BCUT2D eigenvalue weighted by Crippen LogP contribution is 2.26. The molecule has 1 saturated heterocycles. The lowest BCUT2D eigenvalue weighted by Gasteiger charge is -2.17. The number of carbonyl (C=O) groups is 3. The number of ketones is 1. The van der Waals surface area contributed by atoms with Gasteiger partial charge in [0, 0.05) is 24.2 Å². The number of benzene rings is 2. The number of hydrogen-bond acceptors (Lipinski definition) is 4. The number of carbonyl (C=O) groups excluding carboxylic acids is 3. The maximum Gasteiger partial charge on any atom is 0.312 e. The fraction of sp³-hybridized carbons (Fsp3) is 0.286. The molecule has 1 aliphatic rings. The van der Waals surface area contributed by atoms with Gasteiger partial charge >= 0.3 is 5.97 Å². The van der Waals surface area contributed by atoms with Crippen LogP contribution in [0.4, 0.5) is 5.69 Å². The summed E-state index contributed by atoms with van der Waals surface area (Å²) >= 11 is 0. The van der Waals surface area contributed by atoms with E-state index in [0.29, 0.717) is 5.56 Å². The molecule has 5 heteroatoms. The van der Waals surface area contributed by atoms with Crippen molar-refractivity contribution in [2.75, 3.05) is 11.4 Å². The first-order chi connectivity index (χ1) is 12.5. The summed E-state index contributed by atoms with van der Waals surface area (Å²) in [5.74, 6) is -1.43. The molecule has 26 heavy (non-hydrogen) atoms. The lowest BCUT2D eigenvalue weighted by atomic mass is 10.1. The van der Waals surface area contributed by atoms with E-state index in [1.165, 1.54) is 0 Å². The Balaban J connectivity index is 1.62. The summed E-state index contributed by atoms with van der Waals surface area (Å²) in [5, 5.41) is 0. The van der Waals surface area contributed by atoms with Crippen LogP contribution in [0.5, 0.6) is 0 Å². The number of anilines is 1. The topological polar surface area (TPSA) is 63.7 Å². The summed E-state index contributed by atoms with van der Waals surface area (Å²) in [7, 11) is 0. The second kappa shape index (κ2) is 7.52. The zero-order chi connectivity index (χ0) is 18.7. The molecule has 1 fully saturated rings. The Morgan fingerprint density at radius 3 is 2.38 bits per heavy atom. The van der Waals surface area contributed by atoms with Gasteiger partial charge in [0.05, 0.1) is 5.92 Å². The molecule has 2 atom stereocenters. The van der Waals surface area contributed by atoms with Crippen LogP contribution in [-0.2, 0) is 14.3 Å². The molecule has 2 aromatic rings. The molecule has 2 aromatic carbocycles. The molecule has 3 rings (SSSR count). The van der Waals surface area contributed by atoms with Crippen molar-refractivity contribution in [3.05, 3.63) is 65.7 Å². The van der Waals surface area contributed by atoms with Crippen molar-refractivity contribution in [3.63, 3.8) is 0 Å². The first-order valence-corrected chi connectivity index (χ1v) is 8.62. The minimum Gasteiger partial charge on any atom is -0.454 e. The van der Waals surface area contributed by atoms with Gasteiger partial charge in [0.1, 0.15) is 0 Å². The molecule has 0 spiro atoms. The SMILES string of the molecule is Cc1ccc(C(=O)[C@@H](C)OC(=O)[C@@H]2CC(=O)N(c3ccccc3)C2)cc1. The molecule has 1 heterocycles. The lowest BCUT2D eigenvalue weighted by molar-refractivity contribution is -0.151. The maximum absolute atomic E-state index is 12.4. The summed E-state index contributed by atoms with van der Waals surface area (Å²) in [6, 6.07) is 16.3. The second-order valence-corrected chi connectivity index (χ2v) is 6.55. The van der Waals surface area contributed by atoms with E-state index in [9.17, 15) is 14.4 Å². The van der Waals surface area contributed by atoms with Gasteiger partial charge in [-0.25, -0.2) is 0 Å². The monoisotopic (exact) mass is 351 g/mol. The van der Waals surface area contributed by atoms with E-state index in [2.05, 4.69) is 0 Å². The summed E-state index contributed by atoms with van der Waals surface area (Å²) < 4.78 is 5.35. The van der Waals surface area contributed by atoms with Crippen molar-refractivity contribution in [2.24, 2.45) is 5.92 Å². The number of ether oxygens (including phenoxy) is 1. The Labute approximate surface area is 152 Å². The van der Waals surface area contributed by atoms with Crippen molar-refractivity contribution in [3.8, 4) is 0 Å². The highest BCUT2D eigenvalue weighted by atomic mass is 16.5. The van der Waals surface area contributed by atoms with Crippen LogP contribution < -0.4 is 4.90 Å². The number of para-hydroxylation sites is 1. The zero-order valence-corrected chi connectivity index (χ0v) is 14.8. The largest absolute Gasteiger partial charge is 0.454 e. The predicted molar refractivity (Wildman–Crippen MR) is 98.0 cm³/mol. The Kier molecular flexibility index (Phi) is 5.16. The number of esters is 1. The zero-order valence-electron chi connectivity index (χ0n) is 14.8. The number of hydrogen-bond donors (Lipinski definition) is 0. The van der Waals surface area contributed by atoms with Crippen LogP contribution in [0.3, 0.4) is 0 Å². The quantitative estimate of drug-likeness (QED) is 0.613. The minimum absolute atomic E-state index is 0.0964. The molecule has 0 radical (unpaired) electrons. The van der Waals surface area contributed by atoms with Crippen LogP contribution in [0, 0.1) is 12.8 Å². The third-order valence-electron chi connectivity index (χ3n) is 4.52. The molecule has 0 unspecified atom stereocenters. The number of amides is 1. The van der Waals surface area contributed by atoms with Crippen LogP contribution in [0.15, 0.2) is 54.6 Å². The van der Waals surface area contributed by atoms with E-state index in [1.54, 1.807) is 24.0 Å². The van der Waals surface area contributed by atoms with E-state index in [0.717, 1.165) is 11.3 Å². The molecule has 134 valence electrons. The van der Waals surface area contributed by atoms with Gasteiger partial charge in [-0.15, -0.1) is 0 Å². The van der Waals surface area contributed by atoms with E-state index < -0.39 is 18.0 Å². The van der Waals surface area contributed by atoms with Crippen LogP contribution >= 0.6 is 0 Å².